The van der Waals surface area contributed by atoms with Crippen molar-refractivity contribution >= 4 is 17.3 Å². The van der Waals surface area contributed by atoms with E-state index < -0.39 is 0 Å². The van der Waals surface area contributed by atoms with Crippen LogP contribution in [0.1, 0.15) is 52.0 Å². The van der Waals surface area contributed by atoms with Crippen LogP contribution in [-0.4, -0.2) is 80.3 Å². The van der Waals surface area contributed by atoms with E-state index in [4.69, 9.17) is 4.74 Å². The number of morpholine rings is 1. The zero-order chi connectivity index (χ0) is 21.2. The van der Waals surface area contributed by atoms with Crippen molar-refractivity contribution in [3.63, 3.8) is 0 Å². The standard InChI is InChI=1S/C22H41N5OS/c1-17(2)27(18(3)4)11-8-10-24-22(23-6)25-15-20(21-9-7-14-29-21)26-12-13-28-19(5)16-26/h7,9,14,17-20H,8,10-13,15-16H2,1-6H3,(H2,23,24,25). The van der Waals surface area contributed by atoms with E-state index in [1.165, 1.54) is 4.88 Å². The van der Waals surface area contributed by atoms with Crippen LogP contribution < -0.4 is 10.6 Å². The fraction of sp³-hybridized carbons (Fsp3) is 0.773. The smallest absolute Gasteiger partial charge is 0.191 e. The van der Waals surface area contributed by atoms with Crippen molar-refractivity contribution in [2.75, 3.05) is 46.4 Å². The highest BCUT2D eigenvalue weighted by molar-refractivity contribution is 7.10. The van der Waals surface area contributed by atoms with E-state index >= 15 is 0 Å². The van der Waals surface area contributed by atoms with Crippen molar-refractivity contribution in [3.8, 4) is 0 Å². The first-order valence-corrected chi connectivity index (χ1v) is 11.9. The molecule has 1 aromatic heterocycles. The summed E-state index contributed by atoms with van der Waals surface area (Å²) in [6, 6.07) is 5.88. The predicted molar refractivity (Wildman–Crippen MR) is 125 cm³/mol. The molecule has 1 aliphatic rings. The van der Waals surface area contributed by atoms with E-state index in [-0.39, 0.29) is 6.10 Å². The predicted octanol–water partition coefficient (Wildman–Crippen LogP) is 3.18. The van der Waals surface area contributed by atoms with Crippen molar-refractivity contribution in [1.29, 1.82) is 0 Å². The summed E-state index contributed by atoms with van der Waals surface area (Å²) in [5, 5.41) is 9.20. The maximum absolute atomic E-state index is 5.74. The molecule has 1 saturated heterocycles. The number of nitrogens with one attached hydrogen (secondary N) is 2. The Balaban J connectivity index is 1.83. The number of rotatable bonds is 10. The summed E-state index contributed by atoms with van der Waals surface area (Å²) < 4.78 is 5.74. The number of thiophene rings is 1. The quantitative estimate of drug-likeness (QED) is 0.344. The van der Waals surface area contributed by atoms with Gasteiger partial charge in [0.2, 0.25) is 0 Å². The lowest BCUT2D eigenvalue weighted by Gasteiger charge is -2.37. The normalized spacial score (nSPS) is 19.9. The van der Waals surface area contributed by atoms with Crippen molar-refractivity contribution in [2.45, 2.75) is 65.3 Å². The second-order valence-electron chi connectivity index (χ2n) is 8.37. The van der Waals surface area contributed by atoms with Gasteiger partial charge in [-0.2, -0.15) is 0 Å². The third-order valence-corrected chi connectivity index (χ3v) is 6.46. The number of hydrogen-bond donors (Lipinski definition) is 2. The summed E-state index contributed by atoms with van der Waals surface area (Å²) in [7, 11) is 1.85. The van der Waals surface area contributed by atoms with E-state index in [9.17, 15) is 0 Å². The lowest BCUT2D eigenvalue weighted by molar-refractivity contribution is -0.0334. The molecule has 0 aromatic carbocycles. The minimum absolute atomic E-state index is 0.286. The molecule has 2 atom stereocenters. The fourth-order valence-corrected chi connectivity index (χ4v) is 4.87. The lowest BCUT2D eigenvalue weighted by atomic mass is 10.1. The Morgan fingerprint density at radius 3 is 2.66 bits per heavy atom. The molecule has 0 saturated carbocycles. The van der Waals surface area contributed by atoms with Gasteiger partial charge in [-0.3, -0.25) is 14.8 Å². The second kappa shape index (κ2) is 12.5. The van der Waals surface area contributed by atoms with Crippen molar-refractivity contribution in [3.05, 3.63) is 22.4 Å². The van der Waals surface area contributed by atoms with Gasteiger partial charge >= 0.3 is 0 Å². The molecule has 7 heteroatoms. The Labute approximate surface area is 181 Å². The fourth-order valence-electron chi connectivity index (χ4n) is 4.01. The second-order valence-corrected chi connectivity index (χ2v) is 9.35. The highest BCUT2D eigenvalue weighted by Gasteiger charge is 2.26. The van der Waals surface area contributed by atoms with Crippen LogP contribution in [0.3, 0.4) is 0 Å². The van der Waals surface area contributed by atoms with Crippen LogP contribution in [0.15, 0.2) is 22.5 Å². The molecular formula is C22H41N5OS. The molecule has 0 amide bonds. The first-order chi connectivity index (χ1) is 13.9. The van der Waals surface area contributed by atoms with Gasteiger partial charge in [0.05, 0.1) is 18.8 Å². The van der Waals surface area contributed by atoms with Crippen molar-refractivity contribution in [1.82, 2.24) is 20.4 Å². The van der Waals surface area contributed by atoms with Crippen LogP contribution in [-0.2, 0) is 4.74 Å². The number of hydrogen-bond acceptors (Lipinski definition) is 5. The highest BCUT2D eigenvalue weighted by Crippen LogP contribution is 2.26. The summed E-state index contributed by atoms with van der Waals surface area (Å²) in [5.41, 5.74) is 0. The minimum atomic E-state index is 0.286. The molecule has 6 nitrogen and oxygen atoms in total. The third kappa shape index (κ3) is 7.89. The highest BCUT2D eigenvalue weighted by atomic mass is 32.1. The molecule has 0 bridgehead atoms. The summed E-state index contributed by atoms with van der Waals surface area (Å²) >= 11 is 1.83. The molecule has 0 spiro atoms. The SMILES string of the molecule is CN=C(NCCCN(C(C)C)C(C)C)NCC(c1cccs1)N1CCOC(C)C1. The number of aliphatic imine (C=N–C) groups is 1. The van der Waals surface area contributed by atoms with E-state index in [1.807, 2.05) is 18.4 Å². The zero-order valence-corrected chi connectivity index (χ0v) is 20.0. The van der Waals surface area contributed by atoms with Crippen molar-refractivity contribution < 1.29 is 4.74 Å². The lowest BCUT2D eigenvalue weighted by Crippen LogP contribution is -2.48. The van der Waals surface area contributed by atoms with Crippen molar-refractivity contribution in [2.24, 2.45) is 4.99 Å². The van der Waals surface area contributed by atoms with Gasteiger partial charge in [-0.05, 0) is 52.5 Å². The molecule has 1 aromatic rings. The Kier molecular flexibility index (Phi) is 10.4. The molecule has 29 heavy (non-hydrogen) atoms. The van der Waals surface area contributed by atoms with Gasteiger partial charge in [0, 0.05) is 56.7 Å². The summed E-state index contributed by atoms with van der Waals surface area (Å²) in [4.78, 5) is 10.9. The molecule has 1 aliphatic heterocycles. The maximum atomic E-state index is 5.74. The molecule has 2 heterocycles. The van der Waals surface area contributed by atoms with Gasteiger partial charge in [0.15, 0.2) is 5.96 Å². The zero-order valence-electron chi connectivity index (χ0n) is 19.1. The number of nitrogens with zero attached hydrogens (tertiary/aromatic N) is 3. The Hall–Kier alpha value is -1.15. The Morgan fingerprint density at radius 2 is 2.07 bits per heavy atom. The van der Waals surface area contributed by atoms with Crippen LogP contribution in [0.25, 0.3) is 0 Å². The average Bonchev–Trinajstić information content (AvgIpc) is 3.20. The Bertz CT molecular complexity index is 582. The van der Waals surface area contributed by atoms with Gasteiger partial charge in [0.25, 0.3) is 0 Å². The molecule has 0 radical (unpaired) electrons. The van der Waals surface area contributed by atoms with Crippen LogP contribution in [0.5, 0.6) is 0 Å². The summed E-state index contributed by atoms with van der Waals surface area (Å²) in [6.07, 6.45) is 1.39. The molecule has 0 aliphatic carbocycles. The van der Waals surface area contributed by atoms with E-state index in [0.717, 1.165) is 51.7 Å². The third-order valence-electron chi connectivity index (χ3n) is 5.48. The monoisotopic (exact) mass is 423 g/mol. The van der Waals surface area contributed by atoms with Gasteiger partial charge in [-0.15, -0.1) is 11.3 Å². The Morgan fingerprint density at radius 1 is 1.31 bits per heavy atom. The molecule has 2 N–H and O–H groups in total. The van der Waals surface area contributed by atoms with E-state index in [0.29, 0.717) is 18.1 Å². The number of ether oxygens (including phenoxy) is 1. The summed E-state index contributed by atoms with van der Waals surface area (Å²) in [6.45, 7) is 16.8. The molecule has 166 valence electrons. The first kappa shape index (κ1) is 24.1. The van der Waals surface area contributed by atoms with Gasteiger partial charge in [-0.1, -0.05) is 6.07 Å². The van der Waals surface area contributed by atoms with Gasteiger partial charge < -0.3 is 15.4 Å². The van der Waals surface area contributed by atoms with Gasteiger partial charge in [-0.25, -0.2) is 0 Å². The maximum Gasteiger partial charge on any atom is 0.191 e. The largest absolute Gasteiger partial charge is 0.376 e. The topological polar surface area (TPSA) is 52.1 Å². The summed E-state index contributed by atoms with van der Waals surface area (Å²) in [5.74, 6) is 0.883. The van der Waals surface area contributed by atoms with E-state index in [1.54, 1.807) is 0 Å². The van der Waals surface area contributed by atoms with Crippen LogP contribution in [0, 0.1) is 0 Å². The van der Waals surface area contributed by atoms with Gasteiger partial charge in [0.1, 0.15) is 0 Å². The molecule has 1 fully saturated rings. The number of guanidine groups is 1. The van der Waals surface area contributed by atoms with Crippen LogP contribution in [0.4, 0.5) is 0 Å². The van der Waals surface area contributed by atoms with Crippen LogP contribution in [0.2, 0.25) is 0 Å². The molecule has 2 unspecified atom stereocenters. The minimum Gasteiger partial charge on any atom is -0.376 e. The first-order valence-electron chi connectivity index (χ1n) is 11.0. The van der Waals surface area contributed by atoms with Crippen LogP contribution >= 0.6 is 11.3 Å². The average molecular weight is 424 g/mol. The van der Waals surface area contributed by atoms with E-state index in [2.05, 4.69) is 77.6 Å². The molecule has 2 rings (SSSR count). The molecular weight excluding hydrogens is 382 g/mol.